The number of benzene rings is 2. The molecule has 3 aromatic rings. The van der Waals surface area contributed by atoms with Gasteiger partial charge in [-0.3, -0.25) is 0 Å². The molecule has 0 aliphatic carbocycles. The smallest absolute Gasteiger partial charge is 0.419 e. The molecule has 2 aromatic carbocycles. The van der Waals surface area contributed by atoms with E-state index in [1.165, 1.54) is 12.4 Å². The van der Waals surface area contributed by atoms with E-state index in [-0.39, 0.29) is 11.5 Å². The summed E-state index contributed by atoms with van der Waals surface area (Å²) < 4.78 is 63.9. The lowest BCUT2D eigenvalue weighted by Gasteiger charge is -2.19. The minimum atomic E-state index is -4.79. The molecule has 1 N–H and O–H groups in total. The summed E-state index contributed by atoms with van der Waals surface area (Å²) in [7, 11) is 0. The van der Waals surface area contributed by atoms with E-state index in [0.717, 1.165) is 6.07 Å². The van der Waals surface area contributed by atoms with Gasteiger partial charge in [0.15, 0.2) is 17.3 Å². The number of halogens is 4. The first-order valence-corrected chi connectivity index (χ1v) is 7.60. The summed E-state index contributed by atoms with van der Waals surface area (Å²) >= 11 is 0. The predicted molar refractivity (Wildman–Crippen MR) is 85.2 cm³/mol. The molecule has 9 heteroatoms. The predicted octanol–water partition coefficient (Wildman–Crippen LogP) is 4.30. The van der Waals surface area contributed by atoms with Crippen LogP contribution in [0.1, 0.15) is 5.56 Å². The van der Waals surface area contributed by atoms with E-state index in [4.69, 9.17) is 9.47 Å². The molecule has 1 aliphatic heterocycles. The number of nitrogens with one attached hydrogen (secondary N) is 1. The van der Waals surface area contributed by atoms with Crippen molar-refractivity contribution in [2.75, 3.05) is 18.5 Å². The average Bonchev–Trinajstić information content (AvgIpc) is 2.61. The summed E-state index contributed by atoms with van der Waals surface area (Å²) in [6.45, 7) is 0.779. The molecule has 5 nitrogen and oxygen atoms in total. The Morgan fingerprint density at radius 2 is 1.73 bits per heavy atom. The third-order valence-corrected chi connectivity index (χ3v) is 3.86. The van der Waals surface area contributed by atoms with Crippen LogP contribution in [0.4, 0.5) is 29.1 Å². The summed E-state index contributed by atoms with van der Waals surface area (Å²) in [4.78, 5) is 8.13. The second kappa shape index (κ2) is 6.01. The summed E-state index contributed by atoms with van der Waals surface area (Å²) in [5.74, 6) is -0.265. The van der Waals surface area contributed by atoms with Gasteiger partial charge >= 0.3 is 6.18 Å². The zero-order valence-electron chi connectivity index (χ0n) is 13.1. The molecular formula is C17H11F4N3O2. The molecule has 0 saturated heterocycles. The molecule has 0 atom stereocenters. The number of anilines is 2. The highest BCUT2D eigenvalue weighted by molar-refractivity contribution is 5.93. The van der Waals surface area contributed by atoms with Crippen molar-refractivity contribution in [1.82, 2.24) is 9.97 Å². The average molecular weight is 365 g/mol. The summed E-state index contributed by atoms with van der Waals surface area (Å²) in [5, 5.41) is 3.08. The Balaban J connectivity index is 1.79. The van der Waals surface area contributed by atoms with Gasteiger partial charge in [-0.25, -0.2) is 14.4 Å². The van der Waals surface area contributed by atoms with Crippen LogP contribution in [0.3, 0.4) is 0 Å². The highest BCUT2D eigenvalue weighted by Crippen LogP contribution is 2.38. The molecule has 0 bridgehead atoms. The standard InChI is InChI=1S/C17H11F4N3O2/c18-15-10(17(19,20)21)2-1-3-11(15)24-16-9-6-13-14(26-5-4-25-13)7-12(9)22-8-23-16/h1-3,6-8H,4-5H2,(H,22,23,24). The Hall–Kier alpha value is -3.10. The lowest BCUT2D eigenvalue weighted by Crippen LogP contribution is -2.15. The number of ether oxygens (including phenoxy) is 2. The van der Waals surface area contributed by atoms with Gasteiger partial charge in [-0.2, -0.15) is 13.2 Å². The molecule has 2 heterocycles. The van der Waals surface area contributed by atoms with Crippen LogP contribution in [0.5, 0.6) is 11.5 Å². The van der Waals surface area contributed by atoms with Crippen molar-refractivity contribution in [3.63, 3.8) is 0 Å². The van der Waals surface area contributed by atoms with E-state index in [0.29, 0.717) is 41.7 Å². The van der Waals surface area contributed by atoms with Crippen LogP contribution < -0.4 is 14.8 Å². The Labute approximate surface area is 144 Å². The first-order chi connectivity index (χ1) is 12.4. The molecule has 0 radical (unpaired) electrons. The van der Waals surface area contributed by atoms with Crippen molar-refractivity contribution in [3.8, 4) is 11.5 Å². The largest absolute Gasteiger partial charge is 0.486 e. The minimum absolute atomic E-state index is 0.158. The number of rotatable bonds is 2. The van der Waals surface area contributed by atoms with Crippen molar-refractivity contribution >= 4 is 22.4 Å². The Morgan fingerprint density at radius 1 is 1.00 bits per heavy atom. The van der Waals surface area contributed by atoms with Crippen molar-refractivity contribution < 1.29 is 27.0 Å². The van der Waals surface area contributed by atoms with Gasteiger partial charge in [0.25, 0.3) is 0 Å². The van der Waals surface area contributed by atoms with Gasteiger partial charge in [0.05, 0.1) is 16.8 Å². The Morgan fingerprint density at radius 3 is 2.46 bits per heavy atom. The van der Waals surface area contributed by atoms with Gasteiger partial charge in [-0.15, -0.1) is 0 Å². The zero-order valence-corrected chi connectivity index (χ0v) is 13.1. The van der Waals surface area contributed by atoms with Crippen LogP contribution in [0.15, 0.2) is 36.7 Å². The van der Waals surface area contributed by atoms with Crippen LogP contribution in [-0.4, -0.2) is 23.2 Å². The van der Waals surface area contributed by atoms with Crippen molar-refractivity contribution in [3.05, 3.63) is 48.0 Å². The van der Waals surface area contributed by atoms with Crippen LogP contribution in [0, 0.1) is 5.82 Å². The van der Waals surface area contributed by atoms with E-state index >= 15 is 0 Å². The topological polar surface area (TPSA) is 56.3 Å². The van der Waals surface area contributed by atoms with E-state index in [2.05, 4.69) is 15.3 Å². The van der Waals surface area contributed by atoms with Crippen molar-refractivity contribution in [2.45, 2.75) is 6.18 Å². The second-order valence-corrected chi connectivity index (χ2v) is 5.53. The fourth-order valence-electron chi connectivity index (χ4n) is 2.67. The molecule has 0 unspecified atom stereocenters. The van der Waals surface area contributed by atoms with Crippen LogP contribution in [0.25, 0.3) is 10.9 Å². The molecular weight excluding hydrogens is 354 g/mol. The minimum Gasteiger partial charge on any atom is -0.486 e. The van der Waals surface area contributed by atoms with Crippen LogP contribution in [-0.2, 0) is 6.18 Å². The third-order valence-electron chi connectivity index (χ3n) is 3.86. The highest BCUT2D eigenvalue weighted by atomic mass is 19.4. The van der Waals surface area contributed by atoms with E-state index in [9.17, 15) is 17.6 Å². The molecule has 134 valence electrons. The van der Waals surface area contributed by atoms with E-state index in [1.807, 2.05) is 0 Å². The molecule has 4 rings (SSSR count). The van der Waals surface area contributed by atoms with Gasteiger partial charge in [-0.05, 0) is 18.2 Å². The SMILES string of the molecule is Fc1c(Nc2ncnc3cc4c(cc23)OCCO4)cccc1C(F)(F)F. The van der Waals surface area contributed by atoms with Gasteiger partial charge in [0.1, 0.15) is 25.4 Å². The second-order valence-electron chi connectivity index (χ2n) is 5.53. The van der Waals surface area contributed by atoms with E-state index in [1.54, 1.807) is 12.1 Å². The monoisotopic (exact) mass is 365 g/mol. The lowest BCUT2D eigenvalue weighted by molar-refractivity contribution is -0.139. The molecule has 0 saturated carbocycles. The first kappa shape index (κ1) is 16.4. The van der Waals surface area contributed by atoms with Crippen molar-refractivity contribution in [1.29, 1.82) is 0 Å². The number of fused-ring (bicyclic) bond motifs is 2. The fraction of sp³-hybridized carbons (Fsp3) is 0.176. The maximum absolute atomic E-state index is 14.3. The molecule has 0 spiro atoms. The van der Waals surface area contributed by atoms with Gasteiger partial charge in [0, 0.05) is 11.5 Å². The maximum Gasteiger partial charge on any atom is 0.419 e. The highest BCUT2D eigenvalue weighted by Gasteiger charge is 2.35. The van der Waals surface area contributed by atoms with Crippen molar-refractivity contribution in [2.24, 2.45) is 0 Å². The van der Waals surface area contributed by atoms with Gasteiger partial charge < -0.3 is 14.8 Å². The number of aromatic nitrogens is 2. The summed E-state index contributed by atoms with van der Waals surface area (Å²) in [5.41, 5.74) is -1.20. The molecule has 0 fully saturated rings. The number of nitrogens with zero attached hydrogens (tertiary/aromatic N) is 2. The van der Waals surface area contributed by atoms with Gasteiger partial charge in [0.2, 0.25) is 0 Å². The van der Waals surface area contributed by atoms with Crippen LogP contribution >= 0.6 is 0 Å². The Kier molecular flexibility index (Phi) is 3.78. The number of hydrogen-bond acceptors (Lipinski definition) is 5. The number of hydrogen-bond donors (Lipinski definition) is 1. The molecule has 0 amide bonds. The normalized spacial score (nSPS) is 13.7. The number of alkyl halides is 3. The molecule has 26 heavy (non-hydrogen) atoms. The zero-order chi connectivity index (χ0) is 18.3. The Bertz CT molecular complexity index is 992. The fourth-order valence-corrected chi connectivity index (χ4v) is 2.67. The first-order valence-electron chi connectivity index (χ1n) is 7.60. The summed E-state index contributed by atoms with van der Waals surface area (Å²) in [6.07, 6.45) is -3.56. The lowest BCUT2D eigenvalue weighted by atomic mass is 10.1. The maximum atomic E-state index is 14.3. The van der Waals surface area contributed by atoms with Gasteiger partial charge in [-0.1, -0.05) is 6.07 Å². The molecule has 1 aromatic heterocycles. The third kappa shape index (κ3) is 2.85. The molecule has 1 aliphatic rings. The summed E-state index contributed by atoms with van der Waals surface area (Å²) in [6, 6.07) is 6.25. The van der Waals surface area contributed by atoms with Crippen LogP contribution in [0.2, 0.25) is 0 Å². The quantitative estimate of drug-likeness (QED) is 0.686. The van der Waals surface area contributed by atoms with E-state index < -0.39 is 17.6 Å².